The van der Waals surface area contributed by atoms with Gasteiger partial charge in [0, 0.05) is 45.2 Å². The van der Waals surface area contributed by atoms with Crippen LogP contribution in [0.15, 0.2) is 16.5 Å². The van der Waals surface area contributed by atoms with Gasteiger partial charge in [-0.25, -0.2) is 0 Å². The van der Waals surface area contributed by atoms with Crippen molar-refractivity contribution >= 4 is 0 Å². The third kappa shape index (κ3) is 4.08. The van der Waals surface area contributed by atoms with Gasteiger partial charge in [-0.2, -0.15) is 0 Å². The number of methoxy groups -OCH3 is 3. The van der Waals surface area contributed by atoms with E-state index in [4.69, 9.17) is 18.6 Å². The second-order valence-corrected chi connectivity index (χ2v) is 6.26. The van der Waals surface area contributed by atoms with E-state index in [1.54, 1.807) is 21.3 Å². The van der Waals surface area contributed by atoms with Crippen LogP contribution in [0.25, 0.3) is 0 Å². The van der Waals surface area contributed by atoms with E-state index in [0.717, 1.165) is 44.0 Å². The first kappa shape index (κ1) is 18.5. The Balaban J connectivity index is 1.60. The summed E-state index contributed by atoms with van der Waals surface area (Å²) in [7, 11) is 4.91. The molecule has 0 spiro atoms. The Bertz CT molecular complexity index is 726. The molecule has 26 heavy (non-hydrogen) atoms. The van der Waals surface area contributed by atoms with Gasteiger partial charge in [-0.3, -0.25) is 9.80 Å². The molecule has 142 valence electrons. The average Bonchev–Trinajstić information content (AvgIpc) is 3.07. The van der Waals surface area contributed by atoms with Gasteiger partial charge in [0.1, 0.15) is 0 Å². The molecule has 2 heterocycles. The largest absolute Gasteiger partial charge is 0.493 e. The zero-order chi connectivity index (χ0) is 18.5. The van der Waals surface area contributed by atoms with Crippen molar-refractivity contribution in [1.82, 2.24) is 20.0 Å². The van der Waals surface area contributed by atoms with Gasteiger partial charge in [-0.15, -0.1) is 10.2 Å². The van der Waals surface area contributed by atoms with Crippen LogP contribution in [-0.4, -0.2) is 67.5 Å². The molecule has 0 saturated carbocycles. The van der Waals surface area contributed by atoms with Gasteiger partial charge < -0.3 is 18.6 Å². The first-order valence-corrected chi connectivity index (χ1v) is 8.66. The second-order valence-electron chi connectivity index (χ2n) is 6.26. The topological polar surface area (TPSA) is 73.1 Å². The molecule has 0 atom stereocenters. The molecule has 3 rings (SSSR count). The maximum absolute atomic E-state index is 5.58. The van der Waals surface area contributed by atoms with Crippen LogP contribution in [0.3, 0.4) is 0 Å². The quantitative estimate of drug-likeness (QED) is 0.737. The number of rotatable bonds is 7. The predicted octanol–water partition coefficient (Wildman–Crippen LogP) is 1.72. The van der Waals surface area contributed by atoms with Crippen LogP contribution >= 0.6 is 0 Å². The number of ether oxygens (including phenoxy) is 3. The normalized spacial score (nSPS) is 15.8. The number of hydrogen-bond donors (Lipinski definition) is 0. The van der Waals surface area contributed by atoms with E-state index >= 15 is 0 Å². The molecule has 0 radical (unpaired) electrons. The number of piperazine rings is 1. The molecule has 0 bridgehead atoms. The Hall–Kier alpha value is -2.32. The molecule has 8 heteroatoms. The summed E-state index contributed by atoms with van der Waals surface area (Å²) < 4.78 is 21.9. The van der Waals surface area contributed by atoms with E-state index < -0.39 is 0 Å². The van der Waals surface area contributed by atoms with Crippen LogP contribution in [0.1, 0.15) is 17.3 Å². The van der Waals surface area contributed by atoms with Gasteiger partial charge in [0.05, 0.1) is 27.9 Å². The molecule has 0 aliphatic carbocycles. The fraction of sp³-hybridized carbons (Fsp3) is 0.556. The summed E-state index contributed by atoms with van der Waals surface area (Å²) in [6.45, 7) is 7.15. The molecular formula is C18H26N4O4. The van der Waals surface area contributed by atoms with Crippen molar-refractivity contribution < 1.29 is 18.6 Å². The molecule has 1 aliphatic heterocycles. The van der Waals surface area contributed by atoms with Crippen molar-refractivity contribution in [2.45, 2.75) is 20.0 Å². The van der Waals surface area contributed by atoms with E-state index in [0.29, 0.717) is 29.8 Å². The van der Waals surface area contributed by atoms with Gasteiger partial charge in [-0.05, 0) is 6.07 Å². The maximum atomic E-state index is 5.58. The number of benzene rings is 1. The summed E-state index contributed by atoms with van der Waals surface area (Å²) >= 11 is 0. The van der Waals surface area contributed by atoms with E-state index in [1.165, 1.54) is 0 Å². The Morgan fingerprint density at radius 2 is 1.54 bits per heavy atom. The van der Waals surface area contributed by atoms with Crippen molar-refractivity contribution in [3.05, 3.63) is 29.5 Å². The van der Waals surface area contributed by atoms with Crippen molar-refractivity contribution in [3.8, 4) is 17.2 Å². The highest BCUT2D eigenvalue weighted by molar-refractivity contribution is 5.55. The van der Waals surface area contributed by atoms with E-state index in [2.05, 4.69) is 20.0 Å². The van der Waals surface area contributed by atoms with Crippen LogP contribution in [-0.2, 0) is 13.1 Å². The highest BCUT2D eigenvalue weighted by atomic mass is 16.5. The van der Waals surface area contributed by atoms with Crippen LogP contribution in [0, 0.1) is 6.92 Å². The Kier molecular flexibility index (Phi) is 5.95. The maximum Gasteiger partial charge on any atom is 0.230 e. The lowest BCUT2D eigenvalue weighted by molar-refractivity contribution is 0.113. The molecular weight excluding hydrogens is 336 g/mol. The van der Waals surface area contributed by atoms with Crippen LogP contribution < -0.4 is 14.2 Å². The lowest BCUT2D eigenvalue weighted by Gasteiger charge is -2.34. The lowest BCUT2D eigenvalue weighted by Crippen LogP contribution is -2.45. The van der Waals surface area contributed by atoms with E-state index in [1.807, 2.05) is 19.1 Å². The molecule has 0 unspecified atom stereocenters. The fourth-order valence-corrected chi connectivity index (χ4v) is 3.23. The Morgan fingerprint density at radius 3 is 2.08 bits per heavy atom. The molecule has 8 nitrogen and oxygen atoms in total. The second kappa shape index (κ2) is 8.37. The van der Waals surface area contributed by atoms with Crippen molar-refractivity contribution in [3.63, 3.8) is 0 Å². The third-order valence-corrected chi connectivity index (χ3v) is 4.57. The standard InChI is InChI=1S/C18H26N4O4/c1-13-19-20-16(26-13)12-22-9-7-21(8-10-22)11-14-5-6-15(23-2)18(25-4)17(14)24-3/h5-6H,7-12H2,1-4H3. The Morgan fingerprint density at radius 1 is 0.885 bits per heavy atom. The third-order valence-electron chi connectivity index (χ3n) is 4.57. The number of hydrogen-bond acceptors (Lipinski definition) is 8. The summed E-state index contributed by atoms with van der Waals surface area (Å²) in [6, 6.07) is 3.96. The summed E-state index contributed by atoms with van der Waals surface area (Å²) in [6.07, 6.45) is 0. The smallest absolute Gasteiger partial charge is 0.230 e. The van der Waals surface area contributed by atoms with Gasteiger partial charge >= 0.3 is 0 Å². The Labute approximate surface area is 153 Å². The first-order valence-electron chi connectivity index (χ1n) is 8.66. The molecule has 1 aromatic heterocycles. The zero-order valence-electron chi connectivity index (χ0n) is 15.8. The molecule has 1 saturated heterocycles. The molecule has 1 aromatic carbocycles. The van der Waals surface area contributed by atoms with Crippen molar-refractivity contribution in [2.75, 3.05) is 47.5 Å². The van der Waals surface area contributed by atoms with Crippen LogP contribution in [0.2, 0.25) is 0 Å². The number of nitrogens with zero attached hydrogens (tertiary/aromatic N) is 4. The minimum Gasteiger partial charge on any atom is -0.493 e. The number of aromatic nitrogens is 2. The van der Waals surface area contributed by atoms with Crippen LogP contribution in [0.5, 0.6) is 17.2 Å². The van der Waals surface area contributed by atoms with Gasteiger partial charge in [0.2, 0.25) is 17.5 Å². The highest BCUT2D eigenvalue weighted by Crippen LogP contribution is 2.40. The van der Waals surface area contributed by atoms with Gasteiger partial charge in [0.25, 0.3) is 0 Å². The van der Waals surface area contributed by atoms with Crippen molar-refractivity contribution in [1.29, 1.82) is 0 Å². The molecule has 2 aromatic rings. The van der Waals surface area contributed by atoms with Gasteiger partial charge in [-0.1, -0.05) is 6.07 Å². The average molecular weight is 362 g/mol. The SMILES string of the molecule is COc1ccc(CN2CCN(Cc3nnc(C)o3)CC2)c(OC)c1OC. The minimum atomic E-state index is 0.610. The summed E-state index contributed by atoms with van der Waals surface area (Å²) in [5.41, 5.74) is 1.09. The summed E-state index contributed by atoms with van der Waals surface area (Å²) in [5.74, 6) is 3.33. The predicted molar refractivity (Wildman–Crippen MR) is 95.7 cm³/mol. The lowest BCUT2D eigenvalue weighted by atomic mass is 10.1. The van der Waals surface area contributed by atoms with E-state index in [-0.39, 0.29) is 0 Å². The molecule has 1 fully saturated rings. The monoisotopic (exact) mass is 362 g/mol. The van der Waals surface area contributed by atoms with Gasteiger partial charge in [0.15, 0.2) is 11.5 Å². The van der Waals surface area contributed by atoms with Crippen molar-refractivity contribution in [2.24, 2.45) is 0 Å². The highest BCUT2D eigenvalue weighted by Gasteiger charge is 2.22. The zero-order valence-corrected chi connectivity index (χ0v) is 15.8. The first-order chi connectivity index (χ1) is 12.6. The van der Waals surface area contributed by atoms with Crippen LogP contribution in [0.4, 0.5) is 0 Å². The molecule has 0 N–H and O–H groups in total. The summed E-state index contributed by atoms with van der Waals surface area (Å²) in [5, 5.41) is 7.95. The fourth-order valence-electron chi connectivity index (χ4n) is 3.23. The minimum absolute atomic E-state index is 0.610. The van der Waals surface area contributed by atoms with E-state index in [9.17, 15) is 0 Å². The molecule has 1 aliphatic rings. The number of aryl methyl sites for hydroxylation is 1. The molecule has 0 amide bonds. The summed E-state index contributed by atoms with van der Waals surface area (Å²) in [4.78, 5) is 4.73.